The molecule has 0 aromatic heterocycles. The van der Waals surface area contributed by atoms with Gasteiger partial charge >= 0.3 is 5.97 Å². The van der Waals surface area contributed by atoms with E-state index in [-0.39, 0.29) is 29.0 Å². The summed E-state index contributed by atoms with van der Waals surface area (Å²) in [6, 6.07) is 11.4. The summed E-state index contributed by atoms with van der Waals surface area (Å²) < 4.78 is 10.7. The van der Waals surface area contributed by atoms with Crippen molar-refractivity contribution in [3.8, 4) is 11.5 Å². The molecule has 0 bridgehead atoms. The van der Waals surface area contributed by atoms with Crippen molar-refractivity contribution in [2.75, 3.05) is 6.61 Å². The predicted octanol–water partition coefficient (Wildman–Crippen LogP) is 4.86. The van der Waals surface area contributed by atoms with Crippen molar-refractivity contribution in [1.82, 2.24) is 0 Å². The SMILES string of the molecule is CCOC(=O)c1cc([N+](=O)[O-])ccc1Oc1ccc(C(C)(C)C)cc1. The molecular formula is C19H21NO5. The lowest BCUT2D eigenvalue weighted by molar-refractivity contribution is -0.384. The van der Waals surface area contributed by atoms with E-state index in [1.54, 1.807) is 19.1 Å². The first-order chi connectivity index (χ1) is 11.7. The summed E-state index contributed by atoms with van der Waals surface area (Å²) >= 11 is 0. The molecule has 0 saturated heterocycles. The highest BCUT2D eigenvalue weighted by Crippen LogP contribution is 2.31. The van der Waals surface area contributed by atoms with Gasteiger partial charge in [-0.25, -0.2) is 4.79 Å². The minimum atomic E-state index is -0.660. The van der Waals surface area contributed by atoms with Gasteiger partial charge in [-0.15, -0.1) is 0 Å². The Bertz CT molecular complexity index is 775. The monoisotopic (exact) mass is 343 g/mol. The van der Waals surface area contributed by atoms with Crippen LogP contribution >= 0.6 is 0 Å². The molecule has 25 heavy (non-hydrogen) atoms. The van der Waals surface area contributed by atoms with Crippen LogP contribution in [-0.2, 0) is 10.2 Å². The number of ether oxygens (including phenoxy) is 2. The van der Waals surface area contributed by atoms with E-state index >= 15 is 0 Å². The van der Waals surface area contributed by atoms with Crippen LogP contribution in [0.2, 0.25) is 0 Å². The number of carbonyl (C=O) groups excluding carboxylic acids is 1. The molecule has 0 aliphatic carbocycles. The summed E-state index contributed by atoms with van der Waals surface area (Å²) in [5.74, 6) is 0.0903. The zero-order valence-electron chi connectivity index (χ0n) is 14.7. The van der Waals surface area contributed by atoms with Gasteiger partial charge in [-0.2, -0.15) is 0 Å². The molecule has 0 amide bonds. The maximum atomic E-state index is 12.1. The molecule has 0 aliphatic rings. The molecule has 0 aliphatic heterocycles. The molecule has 2 aromatic rings. The molecular weight excluding hydrogens is 322 g/mol. The summed E-state index contributed by atoms with van der Waals surface area (Å²) in [5.41, 5.74) is 0.991. The van der Waals surface area contributed by atoms with Gasteiger partial charge in [0.15, 0.2) is 0 Å². The minimum absolute atomic E-state index is 0.0159. The van der Waals surface area contributed by atoms with Crippen molar-refractivity contribution in [2.24, 2.45) is 0 Å². The number of nitrogens with zero attached hydrogens (tertiary/aromatic N) is 1. The third kappa shape index (κ3) is 4.56. The Morgan fingerprint density at radius 2 is 1.76 bits per heavy atom. The average molecular weight is 343 g/mol. The van der Waals surface area contributed by atoms with Gasteiger partial charge in [-0.3, -0.25) is 10.1 Å². The molecule has 2 rings (SSSR count). The highest BCUT2D eigenvalue weighted by atomic mass is 16.6. The van der Waals surface area contributed by atoms with Gasteiger partial charge < -0.3 is 9.47 Å². The quantitative estimate of drug-likeness (QED) is 0.440. The standard InChI is InChI=1S/C19H21NO5/c1-5-24-18(21)16-12-14(20(22)23)8-11-17(16)25-15-9-6-13(7-10-15)19(2,3)4/h6-12H,5H2,1-4H3. The van der Waals surface area contributed by atoms with Crippen molar-refractivity contribution in [3.05, 3.63) is 63.7 Å². The first-order valence-electron chi connectivity index (χ1n) is 7.96. The molecule has 132 valence electrons. The number of hydrogen-bond donors (Lipinski definition) is 0. The second-order valence-corrected chi connectivity index (χ2v) is 6.53. The fraction of sp³-hybridized carbons (Fsp3) is 0.316. The Labute approximate surface area is 146 Å². The molecule has 0 fully saturated rings. The highest BCUT2D eigenvalue weighted by molar-refractivity contribution is 5.93. The van der Waals surface area contributed by atoms with Crippen LogP contribution < -0.4 is 4.74 Å². The zero-order valence-corrected chi connectivity index (χ0v) is 14.7. The Kier molecular flexibility index (Phi) is 5.41. The summed E-state index contributed by atoms with van der Waals surface area (Å²) in [4.78, 5) is 22.5. The van der Waals surface area contributed by atoms with Crippen molar-refractivity contribution < 1.29 is 19.2 Å². The number of rotatable bonds is 5. The number of nitro groups is 1. The van der Waals surface area contributed by atoms with Gasteiger partial charge in [-0.05, 0) is 36.1 Å². The van der Waals surface area contributed by atoms with E-state index in [1.807, 2.05) is 12.1 Å². The maximum Gasteiger partial charge on any atom is 0.342 e. The lowest BCUT2D eigenvalue weighted by Crippen LogP contribution is -2.10. The van der Waals surface area contributed by atoms with E-state index in [0.717, 1.165) is 11.6 Å². The lowest BCUT2D eigenvalue weighted by Gasteiger charge is -2.19. The number of esters is 1. The van der Waals surface area contributed by atoms with Gasteiger partial charge in [0, 0.05) is 12.1 Å². The van der Waals surface area contributed by atoms with Gasteiger partial charge in [0.2, 0.25) is 0 Å². The van der Waals surface area contributed by atoms with Crippen LogP contribution in [0.25, 0.3) is 0 Å². The molecule has 0 heterocycles. The van der Waals surface area contributed by atoms with E-state index in [0.29, 0.717) is 5.75 Å². The summed E-state index contributed by atoms with van der Waals surface area (Å²) in [6.07, 6.45) is 0. The Morgan fingerprint density at radius 3 is 2.28 bits per heavy atom. The lowest BCUT2D eigenvalue weighted by atomic mass is 9.87. The van der Waals surface area contributed by atoms with Crippen molar-refractivity contribution in [3.63, 3.8) is 0 Å². The van der Waals surface area contributed by atoms with Crippen LogP contribution in [0, 0.1) is 10.1 Å². The normalized spacial score (nSPS) is 11.0. The molecule has 0 spiro atoms. The minimum Gasteiger partial charge on any atom is -0.462 e. The van der Waals surface area contributed by atoms with Gasteiger partial charge in [0.25, 0.3) is 5.69 Å². The molecule has 0 unspecified atom stereocenters. The first kappa shape index (κ1) is 18.4. The van der Waals surface area contributed by atoms with E-state index in [2.05, 4.69) is 20.8 Å². The molecule has 6 nitrogen and oxygen atoms in total. The smallest absolute Gasteiger partial charge is 0.342 e. The topological polar surface area (TPSA) is 78.7 Å². The van der Waals surface area contributed by atoms with Crippen LogP contribution in [-0.4, -0.2) is 17.5 Å². The molecule has 0 atom stereocenters. The fourth-order valence-electron chi connectivity index (χ4n) is 2.24. The van der Waals surface area contributed by atoms with Crippen molar-refractivity contribution >= 4 is 11.7 Å². The van der Waals surface area contributed by atoms with Gasteiger partial charge in [0.1, 0.15) is 17.1 Å². The van der Waals surface area contributed by atoms with E-state index < -0.39 is 10.9 Å². The van der Waals surface area contributed by atoms with Crippen molar-refractivity contribution in [1.29, 1.82) is 0 Å². The summed E-state index contributed by atoms with van der Waals surface area (Å²) in [7, 11) is 0. The summed E-state index contributed by atoms with van der Waals surface area (Å²) in [5, 5.41) is 10.9. The van der Waals surface area contributed by atoms with E-state index in [1.165, 1.54) is 12.1 Å². The van der Waals surface area contributed by atoms with Crippen LogP contribution in [0.3, 0.4) is 0 Å². The van der Waals surface area contributed by atoms with Gasteiger partial charge in [-0.1, -0.05) is 32.9 Å². The Balaban J connectivity index is 2.34. The second-order valence-electron chi connectivity index (χ2n) is 6.53. The molecule has 2 aromatic carbocycles. The van der Waals surface area contributed by atoms with Crippen molar-refractivity contribution in [2.45, 2.75) is 33.1 Å². The number of hydrogen-bond acceptors (Lipinski definition) is 5. The van der Waals surface area contributed by atoms with Crippen LogP contribution in [0.4, 0.5) is 5.69 Å². The molecule has 6 heteroatoms. The first-order valence-corrected chi connectivity index (χ1v) is 7.96. The highest BCUT2D eigenvalue weighted by Gasteiger charge is 2.20. The molecule has 0 radical (unpaired) electrons. The Morgan fingerprint density at radius 1 is 1.12 bits per heavy atom. The number of benzene rings is 2. The van der Waals surface area contributed by atoms with Crippen LogP contribution in [0.15, 0.2) is 42.5 Å². The van der Waals surface area contributed by atoms with Crippen LogP contribution in [0.1, 0.15) is 43.6 Å². The zero-order chi connectivity index (χ0) is 18.6. The second kappa shape index (κ2) is 7.34. The van der Waals surface area contributed by atoms with Crippen LogP contribution in [0.5, 0.6) is 11.5 Å². The number of carbonyl (C=O) groups is 1. The maximum absolute atomic E-state index is 12.1. The Hall–Kier alpha value is -2.89. The van der Waals surface area contributed by atoms with E-state index in [9.17, 15) is 14.9 Å². The molecule has 0 saturated carbocycles. The van der Waals surface area contributed by atoms with E-state index in [4.69, 9.17) is 9.47 Å². The van der Waals surface area contributed by atoms with Gasteiger partial charge in [0.05, 0.1) is 11.5 Å². The number of non-ortho nitro benzene ring substituents is 1. The largest absolute Gasteiger partial charge is 0.462 e. The summed E-state index contributed by atoms with van der Waals surface area (Å²) in [6.45, 7) is 8.16. The average Bonchev–Trinajstić information content (AvgIpc) is 2.55. The predicted molar refractivity (Wildman–Crippen MR) is 94.3 cm³/mol. The molecule has 0 N–H and O–H groups in total. The third-order valence-electron chi connectivity index (χ3n) is 3.62. The third-order valence-corrected chi connectivity index (χ3v) is 3.62. The number of nitro benzene ring substituents is 1. The fourth-order valence-corrected chi connectivity index (χ4v) is 2.24.